The first-order valence-corrected chi connectivity index (χ1v) is 26.2. The van der Waals surface area contributed by atoms with Crippen molar-refractivity contribution in [3.63, 3.8) is 0 Å². The van der Waals surface area contributed by atoms with Gasteiger partial charge < -0.3 is 47.6 Å². The standard InChI is InChI=1S/C25H27F3N4O7S.C25H27F3N4O6S/c1-15-20(35-2)21(36-3)22(37-4)24(38-15)39-30-13-16-5-7-17(8-6-16)23-29-14-32(31-23)18-9-11-19(12-10-18)40(33,34)25(26,27)28;1-15-20(34-2)21(35-3)22(36-4)24(37-15)38-30-13-16-5-7-17(8-6-16)23-29-14-32(31-23)18-9-11-19(12-10-18)39(33)25(26,27)28/h5-15,20-22,24H,1-4H3;5-15,20-22,24H,1-4H3/b2*30-13+/t15-,20-,21+,22+,24-;15-,20-,21+,22+,24-,39?/m00/s1. The Kier molecular flexibility index (Phi) is 19.9. The molecule has 0 saturated carbocycles. The van der Waals surface area contributed by atoms with Gasteiger partial charge in [-0.15, -0.1) is 10.2 Å². The van der Waals surface area contributed by atoms with Gasteiger partial charge in [0.05, 0.1) is 40.9 Å². The number of hydrogen-bond acceptors (Lipinski definition) is 19. The molecule has 4 heterocycles. The molecule has 0 bridgehead atoms. The second-order valence-corrected chi connectivity index (χ2v) is 20.6. The average molecular weight is 1150 g/mol. The highest BCUT2D eigenvalue weighted by molar-refractivity contribution is 7.92. The zero-order chi connectivity index (χ0) is 57.2. The van der Waals surface area contributed by atoms with E-state index < -0.39 is 73.5 Å². The van der Waals surface area contributed by atoms with Gasteiger partial charge in [0, 0.05) is 58.7 Å². The maximum absolute atomic E-state index is 12.8. The van der Waals surface area contributed by atoms with Gasteiger partial charge in [-0.05, 0) is 73.5 Å². The number of ether oxygens (including phenoxy) is 8. The Hall–Kier alpha value is -6.54. The molecule has 2 saturated heterocycles. The third-order valence-electron chi connectivity index (χ3n) is 12.4. The molecule has 0 spiro atoms. The predicted octanol–water partition coefficient (Wildman–Crippen LogP) is 7.07. The van der Waals surface area contributed by atoms with Crippen LogP contribution in [0.2, 0.25) is 0 Å². The molecule has 0 N–H and O–H groups in total. The lowest BCUT2D eigenvalue weighted by molar-refractivity contribution is -0.305. The topological polar surface area (TPSA) is 230 Å². The van der Waals surface area contributed by atoms with E-state index >= 15 is 0 Å². The van der Waals surface area contributed by atoms with E-state index in [1.54, 1.807) is 77.0 Å². The molecule has 8 rings (SSSR count). The quantitative estimate of drug-likeness (QED) is 0.0476. The summed E-state index contributed by atoms with van der Waals surface area (Å²) in [6.07, 6.45) is 0.961. The molecule has 0 aliphatic carbocycles. The fraction of sp³-hybridized carbons (Fsp3) is 0.400. The van der Waals surface area contributed by atoms with E-state index in [0.717, 1.165) is 29.8 Å². The predicted molar refractivity (Wildman–Crippen MR) is 270 cm³/mol. The number of sulfone groups is 1. The molecule has 426 valence electrons. The Morgan fingerprint density at radius 1 is 0.544 bits per heavy atom. The second-order valence-electron chi connectivity index (χ2n) is 17.2. The molecule has 6 aromatic rings. The number of aromatic nitrogens is 6. The molecule has 4 aromatic carbocycles. The third-order valence-corrected chi connectivity index (χ3v) is 15.0. The number of halogens is 6. The SMILES string of the molecule is CO[C@@H]1[C@@H](OC)[C@H](C)O[C@@H](O/N=C/c2ccc(-c3ncn(-c4ccc(S(=O)(=O)C(F)(F)F)cc4)n3)cc2)[C@@H]1OC.CO[C@@H]1[C@@H](OC)[C@H](C)O[C@@H](O/N=C/c2ccc(-c3ncn(-c4ccc(S(=O)C(F)(F)F)cc4)n3)cc2)[C@@H]1OC. The summed E-state index contributed by atoms with van der Waals surface area (Å²) in [5.41, 5.74) is -6.58. The minimum atomic E-state index is -5.43. The monoisotopic (exact) mass is 1150 g/mol. The van der Waals surface area contributed by atoms with Crippen molar-refractivity contribution in [2.45, 2.75) is 96.1 Å². The highest BCUT2D eigenvalue weighted by Gasteiger charge is 2.49. The van der Waals surface area contributed by atoms with Gasteiger partial charge in [0.2, 0.25) is 0 Å². The molecule has 2 aliphatic heterocycles. The van der Waals surface area contributed by atoms with Crippen LogP contribution in [0.5, 0.6) is 0 Å². The van der Waals surface area contributed by atoms with Crippen molar-refractivity contribution in [3.8, 4) is 34.2 Å². The van der Waals surface area contributed by atoms with Crippen LogP contribution in [0.25, 0.3) is 34.2 Å². The fourth-order valence-electron chi connectivity index (χ4n) is 8.35. The second kappa shape index (κ2) is 26.2. The van der Waals surface area contributed by atoms with Gasteiger partial charge in [0.15, 0.2) is 34.7 Å². The van der Waals surface area contributed by atoms with E-state index in [1.807, 2.05) is 13.8 Å². The van der Waals surface area contributed by atoms with E-state index in [2.05, 4.69) is 30.5 Å². The first kappa shape index (κ1) is 60.1. The van der Waals surface area contributed by atoms with Gasteiger partial charge in [0.25, 0.3) is 22.4 Å². The fourth-order valence-corrected chi connectivity index (χ4v) is 9.76. The summed E-state index contributed by atoms with van der Waals surface area (Å²) in [5, 5.41) is 16.8. The molecule has 2 aliphatic rings. The highest BCUT2D eigenvalue weighted by atomic mass is 32.2. The minimum absolute atomic E-state index is 0.306. The lowest BCUT2D eigenvalue weighted by Crippen LogP contribution is -2.59. The van der Waals surface area contributed by atoms with Crippen molar-refractivity contribution >= 4 is 33.1 Å². The number of hydrogen-bond donors (Lipinski definition) is 0. The van der Waals surface area contributed by atoms with Crippen molar-refractivity contribution < 1.29 is 86.5 Å². The summed E-state index contributed by atoms with van der Waals surface area (Å²) in [7, 11) is 0.794. The van der Waals surface area contributed by atoms with Crippen LogP contribution in [0.4, 0.5) is 26.3 Å². The van der Waals surface area contributed by atoms with E-state index in [-0.39, 0.29) is 29.3 Å². The molecule has 2 fully saturated rings. The van der Waals surface area contributed by atoms with Crippen molar-refractivity contribution in [1.82, 2.24) is 29.5 Å². The van der Waals surface area contributed by atoms with Crippen molar-refractivity contribution in [3.05, 3.63) is 121 Å². The lowest BCUT2D eigenvalue weighted by Gasteiger charge is -2.42. The molecule has 79 heavy (non-hydrogen) atoms. The van der Waals surface area contributed by atoms with E-state index in [9.17, 15) is 39.0 Å². The molecule has 11 atom stereocenters. The van der Waals surface area contributed by atoms with Gasteiger partial charge in [-0.1, -0.05) is 58.8 Å². The Labute approximate surface area is 451 Å². The first-order valence-electron chi connectivity index (χ1n) is 23.6. The van der Waals surface area contributed by atoms with Crippen molar-refractivity contribution in [2.75, 3.05) is 42.7 Å². The summed E-state index contributed by atoms with van der Waals surface area (Å²) in [6.45, 7) is 3.69. The smallest absolute Gasteiger partial charge is 0.376 e. The summed E-state index contributed by atoms with van der Waals surface area (Å²) >= 11 is 0. The van der Waals surface area contributed by atoms with E-state index in [0.29, 0.717) is 39.7 Å². The molecular weight excluding hydrogens is 1100 g/mol. The van der Waals surface area contributed by atoms with Crippen LogP contribution in [0.15, 0.2) is 130 Å². The van der Waals surface area contributed by atoms with Crippen LogP contribution in [-0.4, -0.2) is 170 Å². The minimum Gasteiger partial charge on any atom is -0.376 e. The van der Waals surface area contributed by atoms with Crippen LogP contribution >= 0.6 is 0 Å². The Morgan fingerprint density at radius 2 is 0.911 bits per heavy atom. The number of oxime groups is 2. The van der Waals surface area contributed by atoms with Crippen LogP contribution in [0.1, 0.15) is 25.0 Å². The Balaban J connectivity index is 0.000000229. The van der Waals surface area contributed by atoms with Crippen molar-refractivity contribution in [1.29, 1.82) is 0 Å². The maximum atomic E-state index is 12.8. The molecule has 1 unspecified atom stereocenters. The van der Waals surface area contributed by atoms with Crippen LogP contribution < -0.4 is 0 Å². The van der Waals surface area contributed by atoms with E-state index in [4.69, 9.17) is 47.6 Å². The Bertz CT molecular complexity index is 3120. The van der Waals surface area contributed by atoms with Gasteiger partial charge in [-0.2, -0.15) is 26.3 Å². The van der Waals surface area contributed by atoms with Crippen LogP contribution in [0.3, 0.4) is 0 Å². The number of nitrogens with zero attached hydrogens (tertiary/aromatic N) is 8. The molecule has 2 aromatic heterocycles. The van der Waals surface area contributed by atoms with Gasteiger partial charge in [0.1, 0.15) is 37.1 Å². The van der Waals surface area contributed by atoms with Gasteiger partial charge in [-0.25, -0.2) is 32.0 Å². The average Bonchev–Trinajstić information content (AvgIpc) is 4.17. The van der Waals surface area contributed by atoms with Crippen LogP contribution in [0, 0.1) is 0 Å². The summed E-state index contributed by atoms with van der Waals surface area (Å²) in [6, 6.07) is 23.4. The molecule has 21 nitrogen and oxygen atoms in total. The number of methoxy groups -OCH3 is 6. The molecule has 0 amide bonds. The Morgan fingerprint density at radius 3 is 1.25 bits per heavy atom. The summed E-state index contributed by atoms with van der Waals surface area (Å²) in [5.74, 6) is 0.751. The zero-order valence-corrected chi connectivity index (χ0v) is 44.9. The maximum Gasteiger partial charge on any atom is 0.501 e. The third kappa shape index (κ3) is 14.1. The van der Waals surface area contributed by atoms with E-state index in [1.165, 1.54) is 72.9 Å². The van der Waals surface area contributed by atoms with Crippen LogP contribution in [-0.2, 0) is 68.2 Å². The number of alkyl halides is 6. The largest absolute Gasteiger partial charge is 0.501 e. The van der Waals surface area contributed by atoms with Crippen molar-refractivity contribution in [2.24, 2.45) is 10.3 Å². The lowest BCUT2D eigenvalue weighted by atomic mass is 9.99. The number of rotatable bonds is 18. The zero-order valence-electron chi connectivity index (χ0n) is 43.3. The summed E-state index contributed by atoms with van der Waals surface area (Å²) in [4.78, 5) is 18.4. The summed E-state index contributed by atoms with van der Waals surface area (Å²) < 4.78 is 158. The first-order chi connectivity index (χ1) is 37.6. The molecular formula is C50H54F6N8O13S2. The number of benzene rings is 4. The van der Waals surface area contributed by atoms with Gasteiger partial charge in [-0.3, -0.25) is 0 Å². The molecule has 0 radical (unpaired) electrons. The highest BCUT2D eigenvalue weighted by Crippen LogP contribution is 2.33. The van der Waals surface area contributed by atoms with Gasteiger partial charge >= 0.3 is 11.0 Å². The normalized spacial score (nSPS) is 24.3. The molecule has 29 heteroatoms.